The van der Waals surface area contributed by atoms with Gasteiger partial charge in [-0.05, 0) is 61.7 Å². The van der Waals surface area contributed by atoms with Crippen molar-refractivity contribution in [3.05, 3.63) is 69.7 Å². The predicted molar refractivity (Wildman–Crippen MR) is 111 cm³/mol. The lowest BCUT2D eigenvalue weighted by Crippen LogP contribution is -2.43. The molecule has 1 heterocycles. The minimum absolute atomic E-state index is 0.0560. The topological polar surface area (TPSA) is 49.4 Å². The maximum Gasteiger partial charge on any atom is 0.416 e. The lowest BCUT2D eigenvalue weighted by molar-refractivity contribution is -0.137. The molecule has 1 unspecified atom stereocenters. The van der Waals surface area contributed by atoms with Crippen LogP contribution < -0.4 is 5.32 Å². The van der Waals surface area contributed by atoms with E-state index < -0.39 is 17.8 Å². The van der Waals surface area contributed by atoms with Gasteiger partial charge in [-0.1, -0.05) is 28.1 Å². The number of benzene rings is 2. The zero-order valence-corrected chi connectivity index (χ0v) is 18.0. The highest BCUT2D eigenvalue weighted by atomic mass is 79.9. The average Bonchev–Trinajstić information content (AvgIpc) is 2.73. The summed E-state index contributed by atoms with van der Waals surface area (Å²) in [5.74, 6) is -0.423. The van der Waals surface area contributed by atoms with Crippen molar-refractivity contribution >= 4 is 27.7 Å². The molecule has 4 nitrogen and oxygen atoms in total. The Morgan fingerprint density at radius 1 is 1.03 bits per heavy atom. The van der Waals surface area contributed by atoms with Crippen molar-refractivity contribution < 1.29 is 22.8 Å². The molecule has 1 aliphatic rings. The molecule has 1 N–H and O–H groups in total. The van der Waals surface area contributed by atoms with E-state index >= 15 is 0 Å². The van der Waals surface area contributed by atoms with Crippen LogP contribution in [0.2, 0.25) is 0 Å². The number of alkyl halides is 3. The van der Waals surface area contributed by atoms with Crippen LogP contribution >= 0.6 is 15.9 Å². The molecule has 0 aromatic heterocycles. The lowest BCUT2D eigenvalue weighted by Gasteiger charge is -2.32. The highest BCUT2D eigenvalue weighted by Gasteiger charge is 2.31. The Morgan fingerprint density at radius 3 is 2.13 bits per heavy atom. The van der Waals surface area contributed by atoms with E-state index in [0.29, 0.717) is 37.1 Å². The van der Waals surface area contributed by atoms with Crippen molar-refractivity contribution in [1.29, 1.82) is 0 Å². The normalized spacial score (nSPS) is 16.2. The van der Waals surface area contributed by atoms with Crippen LogP contribution in [-0.4, -0.2) is 29.8 Å². The summed E-state index contributed by atoms with van der Waals surface area (Å²) < 4.78 is 39.0. The van der Waals surface area contributed by atoms with Crippen molar-refractivity contribution in [3.8, 4) is 0 Å². The number of piperidine rings is 1. The summed E-state index contributed by atoms with van der Waals surface area (Å²) in [6.45, 7) is 2.72. The van der Waals surface area contributed by atoms with Crippen molar-refractivity contribution in [3.63, 3.8) is 0 Å². The van der Waals surface area contributed by atoms with E-state index in [1.807, 2.05) is 12.1 Å². The fourth-order valence-corrected chi connectivity index (χ4v) is 3.76. The quantitative estimate of drug-likeness (QED) is 0.651. The summed E-state index contributed by atoms with van der Waals surface area (Å²) in [7, 11) is 0. The second kappa shape index (κ2) is 9.20. The molecule has 0 aliphatic carbocycles. The summed E-state index contributed by atoms with van der Waals surface area (Å²) in [5.41, 5.74) is 0.504. The minimum atomic E-state index is -4.38. The molecule has 1 fully saturated rings. The van der Waals surface area contributed by atoms with E-state index in [0.717, 1.165) is 16.6 Å². The first-order valence-electron chi connectivity index (χ1n) is 9.67. The van der Waals surface area contributed by atoms with Crippen LogP contribution in [0.25, 0.3) is 0 Å². The monoisotopic (exact) mass is 482 g/mol. The third-order valence-electron chi connectivity index (χ3n) is 5.34. The first-order valence-corrected chi connectivity index (χ1v) is 10.5. The van der Waals surface area contributed by atoms with Gasteiger partial charge in [0.05, 0.1) is 11.6 Å². The Bertz CT molecular complexity index is 890. The minimum Gasteiger partial charge on any atom is -0.349 e. The van der Waals surface area contributed by atoms with E-state index in [4.69, 9.17) is 0 Å². The van der Waals surface area contributed by atoms with Gasteiger partial charge in [-0.3, -0.25) is 9.59 Å². The Hall–Kier alpha value is -2.35. The molecule has 0 bridgehead atoms. The van der Waals surface area contributed by atoms with Crippen LogP contribution in [0.15, 0.2) is 53.0 Å². The van der Waals surface area contributed by atoms with Crippen LogP contribution in [0.3, 0.4) is 0 Å². The number of hydrogen-bond donors (Lipinski definition) is 1. The molecule has 2 aromatic rings. The number of nitrogens with zero attached hydrogens (tertiary/aromatic N) is 1. The molecule has 1 saturated heterocycles. The number of carbonyl (C=O) groups excluding carboxylic acids is 2. The van der Waals surface area contributed by atoms with Crippen molar-refractivity contribution in [2.24, 2.45) is 5.92 Å². The standard InChI is InChI=1S/C22H22BrF3N2O2/c1-14(15-2-6-18(7-3-15)22(24,25)26)27-20(29)16-10-12-28(13-11-16)21(30)17-4-8-19(23)9-5-17/h2-9,14,16H,10-13H2,1H3,(H,27,29). The molecule has 8 heteroatoms. The fourth-order valence-electron chi connectivity index (χ4n) is 3.50. The number of halogens is 4. The maximum absolute atomic E-state index is 12.7. The molecule has 0 radical (unpaired) electrons. The SMILES string of the molecule is CC(NC(=O)C1CCN(C(=O)c2ccc(Br)cc2)CC1)c1ccc(C(F)(F)F)cc1. The van der Waals surface area contributed by atoms with E-state index in [-0.39, 0.29) is 17.7 Å². The molecule has 160 valence electrons. The van der Waals surface area contributed by atoms with E-state index in [1.54, 1.807) is 24.0 Å². The van der Waals surface area contributed by atoms with Crippen LogP contribution in [0.4, 0.5) is 13.2 Å². The number of nitrogens with one attached hydrogen (secondary N) is 1. The second-order valence-electron chi connectivity index (χ2n) is 7.42. The summed E-state index contributed by atoms with van der Waals surface area (Å²) in [6, 6.07) is 11.6. The largest absolute Gasteiger partial charge is 0.416 e. The van der Waals surface area contributed by atoms with Crippen molar-refractivity contribution in [2.75, 3.05) is 13.1 Å². The van der Waals surface area contributed by atoms with Gasteiger partial charge in [0.2, 0.25) is 5.91 Å². The van der Waals surface area contributed by atoms with Crippen LogP contribution in [-0.2, 0) is 11.0 Å². The number of carbonyl (C=O) groups is 2. The van der Waals surface area contributed by atoms with Gasteiger partial charge in [0, 0.05) is 29.0 Å². The molecule has 0 saturated carbocycles. The van der Waals surface area contributed by atoms with Gasteiger partial charge in [-0.15, -0.1) is 0 Å². The summed E-state index contributed by atoms with van der Waals surface area (Å²) in [6.07, 6.45) is -3.28. The Labute approximate surface area is 181 Å². The van der Waals surface area contributed by atoms with Crippen LogP contribution in [0.1, 0.15) is 47.3 Å². The Morgan fingerprint density at radius 2 is 1.60 bits per heavy atom. The molecular weight excluding hydrogens is 461 g/mol. The summed E-state index contributed by atoms with van der Waals surface area (Å²) in [5, 5.41) is 2.88. The van der Waals surface area contributed by atoms with Gasteiger partial charge in [-0.2, -0.15) is 13.2 Å². The second-order valence-corrected chi connectivity index (χ2v) is 8.34. The van der Waals surface area contributed by atoms with E-state index in [9.17, 15) is 22.8 Å². The Kier molecular flexibility index (Phi) is 6.85. The molecule has 3 rings (SSSR count). The maximum atomic E-state index is 12.7. The smallest absolute Gasteiger partial charge is 0.349 e. The first-order chi connectivity index (χ1) is 14.1. The van der Waals surface area contributed by atoms with Gasteiger partial charge in [0.25, 0.3) is 5.91 Å². The molecule has 2 aromatic carbocycles. The lowest BCUT2D eigenvalue weighted by atomic mass is 9.94. The highest BCUT2D eigenvalue weighted by Crippen LogP contribution is 2.30. The first kappa shape index (κ1) is 22.3. The van der Waals surface area contributed by atoms with E-state index in [1.165, 1.54) is 12.1 Å². The van der Waals surface area contributed by atoms with Gasteiger partial charge in [-0.25, -0.2) is 0 Å². The number of amides is 2. The predicted octanol–water partition coefficient (Wildman–Crippen LogP) is 5.20. The molecule has 1 atom stereocenters. The highest BCUT2D eigenvalue weighted by molar-refractivity contribution is 9.10. The summed E-state index contributed by atoms with van der Waals surface area (Å²) >= 11 is 3.34. The zero-order chi connectivity index (χ0) is 21.9. The third-order valence-corrected chi connectivity index (χ3v) is 5.87. The van der Waals surface area contributed by atoms with E-state index in [2.05, 4.69) is 21.2 Å². The molecule has 2 amide bonds. The van der Waals surface area contributed by atoms with Crippen LogP contribution in [0.5, 0.6) is 0 Å². The van der Waals surface area contributed by atoms with Gasteiger partial charge in [0.15, 0.2) is 0 Å². The number of rotatable bonds is 4. The average molecular weight is 483 g/mol. The molecule has 0 spiro atoms. The van der Waals surface area contributed by atoms with Crippen LogP contribution in [0, 0.1) is 5.92 Å². The van der Waals surface area contributed by atoms with Gasteiger partial charge >= 0.3 is 6.18 Å². The molecular formula is C22H22BrF3N2O2. The summed E-state index contributed by atoms with van der Waals surface area (Å²) in [4.78, 5) is 26.9. The van der Waals surface area contributed by atoms with Gasteiger partial charge in [0.1, 0.15) is 0 Å². The van der Waals surface area contributed by atoms with Gasteiger partial charge < -0.3 is 10.2 Å². The fraction of sp³-hybridized carbons (Fsp3) is 0.364. The number of hydrogen-bond acceptors (Lipinski definition) is 2. The van der Waals surface area contributed by atoms with Crippen molar-refractivity contribution in [1.82, 2.24) is 10.2 Å². The third kappa shape index (κ3) is 5.41. The molecule has 30 heavy (non-hydrogen) atoms. The zero-order valence-electron chi connectivity index (χ0n) is 16.4. The molecule has 1 aliphatic heterocycles. The Balaban J connectivity index is 1.52. The number of likely N-dealkylation sites (tertiary alicyclic amines) is 1. The van der Waals surface area contributed by atoms with Crippen molar-refractivity contribution in [2.45, 2.75) is 32.0 Å².